The molecule has 2 heterocycles. The molecule has 0 bridgehead atoms. The third-order valence-electron chi connectivity index (χ3n) is 6.48. The van der Waals surface area contributed by atoms with Crippen LogP contribution in [0.25, 0.3) is 0 Å². The maximum atomic E-state index is 11.9. The molecule has 1 aromatic heterocycles. The van der Waals surface area contributed by atoms with Crippen LogP contribution in [0.4, 0.5) is 5.82 Å². The Kier molecular flexibility index (Phi) is 41.8. The van der Waals surface area contributed by atoms with E-state index in [4.69, 9.17) is 131 Å². The molecule has 408 valence electrons. The zero-order valence-corrected chi connectivity index (χ0v) is 41.1. The predicted molar refractivity (Wildman–Crippen MR) is 233 cm³/mol. The van der Waals surface area contributed by atoms with Gasteiger partial charge in [0.25, 0.3) is 5.91 Å². The molecule has 0 aliphatic carbocycles. The van der Waals surface area contributed by atoms with Crippen molar-refractivity contribution in [3.8, 4) is 0 Å². The summed E-state index contributed by atoms with van der Waals surface area (Å²) < 4.78 is 59.8. The number of phosphoric acid groups is 6. The van der Waals surface area contributed by atoms with Gasteiger partial charge in [0.1, 0.15) is 30.7 Å². The maximum absolute atomic E-state index is 11.9. The van der Waals surface area contributed by atoms with Gasteiger partial charge in [0.15, 0.2) is 0 Å². The highest BCUT2D eigenvalue weighted by atomic mass is 31.2. The van der Waals surface area contributed by atoms with Crippen molar-refractivity contribution >= 4 is 64.9 Å². The molecule has 1 amide bonds. The van der Waals surface area contributed by atoms with Crippen LogP contribution in [0.15, 0.2) is 41.3 Å². The number of unbranched alkanes of at least 4 members (excludes halogenated alkanes) is 7. The smallest absolute Gasteiger partial charge is 0.394 e. The molecule has 1 aliphatic heterocycles. The molecule has 24 N–H and O–H groups in total. The van der Waals surface area contributed by atoms with Crippen LogP contribution in [0.5, 0.6) is 0 Å². The van der Waals surface area contributed by atoms with Crippen LogP contribution < -0.4 is 16.7 Å². The minimum atomic E-state index is -4.64. The summed E-state index contributed by atoms with van der Waals surface area (Å²) in [6.07, 6.45) is 9.82. The Bertz CT molecular complexity index is 1840. The molecule has 1 aromatic carbocycles. The van der Waals surface area contributed by atoms with E-state index in [2.05, 4.69) is 17.2 Å². The van der Waals surface area contributed by atoms with Gasteiger partial charge in [0.2, 0.25) is 0 Å². The van der Waals surface area contributed by atoms with E-state index in [9.17, 15) is 24.6 Å². The third-order valence-corrected chi connectivity index (χ3v) is 6.48. The number of amides is 1. The van der Waals surface area contributed by atoms with E-state index in [1.807, 2.05) is 0 Å². The van der Waals surface area contributed by atoms with Crippen molar-refractivity contribution in [2.45, 2.75) is 95.8 Å². The number of hydrogen-bond acceptors (Lipinski definition) is 15. The molecular weight excluding hydrogens is 1070 g/mol. The molecule has 2 aromatic rings. The SMILES string of the molecule is CCCCCCCCCCC(O)NC(=O)c1ccc(C=O)cc1.Nc1ccn([C@H]2C[C@H](O)[C@@H](CO)O2)c(=O)n1.O=P(O)(O)O.O=P(O)(O)O.O=P(O)(O)O.O=P(O)(O)O.O=P(O)(O)O.O=P(O)(O)O. The number of hydrogen-bond donors (Lipinski definition) is 23. The lowest BCUT2D eigenvalue weighted by molar-refractivity contribution is -0.0458. The van der Waals surface area contributed by atoms with E-state index < -0.39 is 77.3 Å². The number of aliphatic hydroxyl groups excluding tert-OH is 3. The number of benzene rings is 1. The Labute approximate surface area is 390 Å². The van der Waals surface area contributed by atoms with Crippen molar-refractivity contribution in [3.05, 3.63) is 58.1 Å². The number of aliphatic hydroxyl groups is 3. The van der Waals surface area contributed by atoms with Crippen LogP contribution in [0.2, 0.25) is 0 Å². The number of aldehydes is 1. The summed E-state index contributed by atoms with van der Waals surface area (Å²) in [7, 11) is -27.8. The Hall–Kier alpha value is -2.46. The molecule has 1 aliphatic rings. The first-order chi connectivity index (χ1) is 30.8. The van der Waals surface area contributed by atoms with Gasteiger partial charge in [-0.05, 0) is 31.0 Å². The molecule has 3 rings (SSSR count). The summed E-state index contributed by atoms with van der Waals surface area (Å²) in [5.41, 5.74) is 5.80. The lowest BCUT2D eigenvalue weighted by Crippen LogP contribution is -2.34. The van der Waals surface area contributed by atoms with Crippen molar-refractivity contribution < 1.29 is 145 Å². The highest BCUT2D eigenvalue weighted by Crippen LogP contribution is 2.29. The summed E-state index contributed by atoms with van der Waals surface area (Å²) in [5.74, 6) is -0.173. The Morgan fingerprint density at radius 2 is 1.07 bits per heavy atom. The molecule has 0 spiro atoms. The summed E-state index contributed by atoms with van der Waals surface area (Å²) in [4.78, 5) is 167. The van der Waals surface area contributed by atoms with E-state index in [-0.39, 0.29) is 24.8 Å². The first-order valence-electron chi connectivity index (χ1n) is 18.3. The molecule has 41 heteroatoms. The van der Waals surface area contributed by atoms with Crippen LogP contribution in [0.1, 0.15) is 98.1 Å². The average Bonchev–Trinajstić information content (AvgIpc) is 3.48. The number of anilines is 1. The summed E-state index contributed by atoms with van der Waals surface area (Å²) >= 11 is 0. The van der Waals surface area contributed by atoms with Crippen LogP contribution in [-0.4, -0.2) is 150 Å². The Morgan fingerprint density at radius 3 is 1.39 bits per heavy atom. The van der Waals surface area contributed by atoms with Crippen molar-refractivity contribution in [2.75, 3.05) is 12.3 Å². The summed E-state index contributed by atoms with van der Waals surface area (Å²) in [5, 5.41) is 30.9. The van der Waals surface area contributed by atoms with Gasteiger partial charge in [-0.3, -0.25) is 14.2 Å². The van der Waals surface area contributed by atoms with Crippen LogP contribution in [-0.2, 0) is 32.1 Å². The second-order valence-corrected chi connectivity index (χ2v) is 18.9. The molecule has 4 atom stereocenters. The number of ether oxygens (including phenoxy) is 1. The number of nitrogens with two attached hydrogens (primary N) is 1. The number of aromatic nitrogens is 2. The third kappa shape index (κ3) is 77.2. The fraction of sp³-hybridized carbons (Fsp3) is 0.571. The van der Waals surface area contributed by atoms with Crippen molar-refractivity contribution in [1.82, 2.24) is 14.9 Å². The lowest BCUT2D eigenvalue weighted by atomic mass is 10.1. The number of nitrogens with one attached hydrogen (secondary N) is 1. The van der Waals surface area contributed by atoms with E-state index in [0.29, 0.717) is 17.5 Å². The number of carbonyl (C=O) groups is 2. The van der Waals surface area contributed by atoms with E-state index in [1.54, 1.807) is 24.3 Å². The monoisotopic (exact) mass is 1130 g/mol. The van der Waals surface area contributed by atoms with Gasteiger partial charge in [0, 0.05) is 23.7 Å². The molecule has 1 fully saturated rings. The summed E-state index contributed by atoms with van der Waals surface area (Å²) in [6, 6.07) is 7.83. The molecular formula is C28H60N4O31P6. The van der Waals surface area contributed by atoms with Gasteiger partial charge in [-0.15, -0.1) is 0 Å². The fourth-order valence-electron chi connectivity index (χ4n) is 4.19. The molecule has 0 saturated carbocycles. The second kappa shape index (κ2) is 38.2. The minimum absolute atomic E-state index is 0.138. The fourth-order valence-corrected chi connectivity index (χ4v) is 4.19. The van der Waals surface area contributed by atoms with Crippen molar-refractivity contribution in [1.29, 1.82) is 0 Å². The zero-order chi connectivity index (χ0) is 55.6. The topological polar surface area (TPSA) is 644 Å². The normalized spacial score (nSPS) is 15.9. The number of nitrogen functional groups attached to an aromatic ring is 1. The molecule has 69 heavy (non-hydrogen) atoms. The zero-order valence-electron chi connectivity index (χ0n) is 35.8. The van der Waals surface area contributed by atoms with Gasteiger partial charge in [0.05, 0.1) is 12.7 Å². The first-order valence-corrected chi connectivity index (χ1v) is 27.7. The number of nitrogens with zero attached hydrogens (tertiary/aromatic N) is 2. The second-order valence-electron chi connectivity index (χ2n) is 12.7. The van der Waals surface area contributed by atoms with Gasteiger partial charge in [-0.25, -0.2) is 32.2 Å². The lowest BCUT2D eigenvalue weighted by Gasteiger charge is -2.13. The molecule has 0 radical (unpaired) electrons. The quantitative estimate of drug-likeness (QED) is 0.0387. The van der Waals surface area contributed by atoms with Crippen LogP contribution in [0, 0.1) is 0 Å². The summed E-state index contributed by atoms with van der Waals surface area (Å²) in [6.45, 7) is 1.93. The number of carbonyl (C=O) groups excluding carboxylic acids is 2. The van der Waals surface area contributed by atoms with Gasteiger partial charge < -0.3 is 119 Å². The molecule has 35 nitrogen and oxygen atoms in total. The standard InChI is InChI=1S/C19H29NO3.C9H13N3O4.6H3O4P/c1-2-3-4-5-6-7-8-9-10-18(22)20-19(23)17-13-11-16(15-21)12-14-17;10-7-1-2-12(9(15)11-7)8-3-5(14)6(4-13)16-8;6*1-5(2,3)4/h11-15,18,22H,2-10H2,1H3,(H,20,23);1-2,5-6,8,13-14H,3-4H2,(H2,10,11,15);6*(H3,1,2,3,4)/t;5-,6+,8+;;;;;;/m.0....../s1. The van der Waals surface area contributed by atoms with Crippen molar-refractivity contribution in [2.24, 2.45) is 0 Å². The Balaban J connectivity index is -0.000000255. The predicted octanol–water partition coefficient (Wildman–Crippen LogP) is -3.03. The van der Waals surface area contributed by atoms with Crippen LogP contribution >= 0.6 is 46.9 Å². The minimum Gasteiger partial charge on any atom is -0.394 e. The number of rotatable bonds is 14. The maximum Gasteiger partial charge on any atom is 0.466 e. The highest BCUT2D eigenvalue weighted by molar-refractivity contribution is 7.46. The van der Waals surface area contributed by atoms with Gasteiger partial charge in [-0.1, -0.05) is 64.0 Å². The van der Waals surface area contributed by atoms with Gasteiger partial charge >= 0.3 is 52.6 Å². The van der Waals surface area contributed by atoms with E-state index in [1.165, 1.54) is 55.4 Å². The van der Waals surface area contributed by atoms with Gasteiger partial charge in [-0.2, -0.15) is 4.98 Å². The largest absolute Gasteiger partial charge is 0.466 e. The first kappa shape index (κ1) is 75.5. The van der Waals surface area contributed by atoms with Crippen molar-refractivity contribution in [3.63, 3.8) is 0 Å². The van der Waals surface area contributed by atoms with E-state index >= 15 is 0 Å². The van der Waals surface area contributed by atoms with Crippen LogP contribution in [0.3, 0.4) is 0 Å². The molecule has 1 saturated heterocycles. The average molecular weight is 1130 g/mol. The highest BCUT2D eigenvalue weighted by Gasteiger charge is 2.34. The van der Waals surface area contributed by atoms with E-state index in [0.717, 1.165) is 19.1 Å². The Morgan fingerprint density at radius 1 is 0.710 bits per heavy atom. The molecule has 1 unspecified atom stereocenters.